The van der Waals surface area contributed by atoms with E-state index in [9.17, 15) is 19.5 Å². The highest BCUT2D eigenvalue weighted by Gasteiger charge is 2.33. The van der Waals surface area contributed by atoms with Gasteiger partial charge in [0.25, 0.3) is 5.56 Å². The number of nitrogens with zero attached hydrogens (tertiary/aromatic N) is 2. The van der Waals surface area contributed by atoms with E-state index >= 15 is 0 Å². The summed E-state index contributed by atoms with van der Waals surface area (Å²) >= 11 is 0. The van der Waals surface area contributed by atoms with Crippen LogP contribution in [-0.4, -0.2) is 71.3 Å². The Hall–Kier alpha value is -2.26. The molecule has 1 heterocycles. The zero-order chi connectivity index (χ0) is 20.5. The molecule has 2 rings (SSSR count). The topological polar surface area (TPSA) is 127 Å². The lowest BCUT2D eigenvalue weighted by Gasteiger charge is -2.33. The Morgan fingerprint density at radius 2 is 2.11 bits per heavy atom. The van der Waals surface area contributed by atoms with Crippen LogP contribution in [0.4, 0.5) is 0 Å². The normalized spacial score (nSPS) is 22.1. The summed E-state index contributed by atoms with van der Waals surface area (Å²) in [7, 11) is 3.98. The second-order valence-corrected chi connectivity index (χ2v) is 7.61. The number of carbonyl (C=O) groups excluding carboxylic acids is 2. The molecule has 1 fully saturated rings. The number of aromatic nitrogens is 2. The summed E-state index contributed by atoms with van der Waals surface area (Å²) in [6.45, 7) is 1.54. The number of aliphatic hydroxyl groups is 1. The number of amides is 2. The smallest absolute Gasteiger partial charge is 0.264 e. The molecule has 28 heavy (non-hydrogen) atoms. The Kier molecular flexibility index (Phi) is 8.59. The second kappa shape index (κ2) is 10.9. The van der Waals surface area contributed by atoms with Crippen molar-refractivity contribution in [3.63, 3.8) is 0 Å². The van der Waals surface area contributed by atoms with E-state index in [0.29, 0.717) is 37.9 Å². The third-order valence-corrected chi connectivity index (χ3v) is 4.96. The van der Waals surface area contributed by atoms with Gasteiger partial charge in [-0.15, -0.1) is 0 Å². The lowest BCUT2D eigenvalue weighted by Crippen LogP contribution is -2.49. The van der Waals surface area contributed by atoms with Gasteiger partial charge < -0.3 is 20.6 Å². The van der Waals surface area contributed by atoms with Gasteiger partial charge in [0, 0.05) is 31.4 Å². The van der Waals surface area contributed by atoms with Crippen molar-refractivity contribution in [3.8, 4) is 0 Å². The van der Waals surface area contributed by atoms with Crippen LogP contribution in [0.2, 0.25) is 0 Å². The second-order valence-electron chi connectivity index (χ2n) is 7.61. The molecular weight excluding hydrogens is 362 g/mol. The van der Waals surface area contributed by atoms with Crippen LogP contribution in [0.25, 0.3) is 0 Å². The van der Waals surface area contributed by atoms with Crippen molar-refractivity contribution in [1.29, 1.82) is 0 Å². The van der Waals surface area contributed by atoms with E-state index in [2.05, 4.69) is 25.7 Å². The Balaban J connectivity index is 1.69. The van der Waals surface area contributed by atoms with E-state index in [1.165, 1.54) is 6.07 Å². The maximum atomic E-state index is 12.2. The fraction of sp³-hybridized carbons (Fsp3) is 0.684. The van der Waals surface area contributed by atoms with E-state index in [1.807, 2.05) is 14.1 Å². The molecule has 9 heteroatoms. The summed E-state index contributed by atoms with van der Waals surface area (Å²) in [4.78, 5) is 37.4. The average Bonchev–Trinajstić information content (AvgIpc) is 2.66. The quantitative estimate of drug-likeness (QED) is 0.416. The number of H-pyrrole nitrogens is 1. The summed E-state index contributed by atoms with van der Waals surface area (Å²) in [5.41, 5.74) is 0.347. The van der Waals surface area contributed by atoms with Crippen molar-refractivity contribution in [2.75, 3.05) is 27.2 Å². The Morgan fingerprint density at radius 3 is 2.75 bits per heavy atom. The number of aliphatic hydroxyl groups excluding tert-OH is 1. The molecule has 1 saturated carbocycles. The number of aromatic amines is 1. The number of aryl methyl sites for hydroxylation is 1. The monoisotopic (exact) mass is 393 g/mol. The highest BCUT2D eigenvalue weighted by molar-refractivity contribution is 5.79. The highest BCUT2D eigenvalue weighted by Crippen LogP contribution is 2.25. The minimum Gasteiger partial charge on any atom is -0.391 e. The third-order valence-electron chi connectivity index (χ3n) is 4.96. The van der Waals surface area contributed by atoms with E-state index in [1.54, 1.807) is 6.07 Å². The average molecular weight is 393 g/mol. The van der Waals surface area contributed by atoms with Crippen LogP contribution in [-0.2, 0) is 16.0 Å². The summed E-state index contributed by atoms with van der Waals surface area (Å²) in [5, 5.41) is 22.3. The van der Waals surface area contributed by atoms with E-state index < -0.39 is 6.10 Å². The molecule has 0 radical (unpaired) electrons. The first kappa shape index (κ1) is 22.0. The number of hydrogen-bond acceptors (Lipinski definition) is 6. The number of nitrogens with one attached hydrogen (secondary N) is 3. The molecule has 1 aromatic rings. The lowest BCUT2D eigenvalue weighted by molar-refractivity contribution is -0.128. The molecule has 0 unspecified atom stereocenters. The molecule has 0 saturated heterocycles. The van der Waals surface area contributed by atoms with Gasteiger partial charge in [0.15, 0.2) is 0 Å². The van der Waals surface area contributed by atoms with Crippen molar-refractivity contribution in [2.24, 2.45) is 5.92 Å². The van der Waals surface area contributed by atoms with Crippen LogP contribution in [0.1, 0.15) is 37.8 Å². The van der Waals surface area contributed by atoms with Crippen LogP contribution in [0.15, 0.2) is 16.9 Å². The molecule has 1 aliphatic rings. The highest BCUT2D eigenvalue weighted by atomic mass is 16.3. The molecule has 0 spiro atoms. The zero-order valence-corrected chi connectivity index (χ0v) is 16.6. The largest absolute Gasteiger partial charge is 0.391 e. The first-order valence-corrected chi connectivity index (χ1v) is 9.79. The van der Waals surface area contributed by atoms with E-state index in [4.69, 9.17) is 0 Å². The van der Waals surface area contributed by atoms with E-state index in [-0.39, 0.29) is 35.8 Å². The molecule has 0 aromatic carbocycles. The van der Waals surface area contributed by atoms with Gasteiger partial charge in [-0.1, -0.05) is 0 Å². The standard InChI is InChI=1S/C19H31N5O4/c1-24(2)11-3-10-20-19(28)13-4-7-15(16(25)12-13)21-17(26)8-5-14-6-9-18(27)23-22-14/h6,9,13,15-16,25H,3-5,7-8,10-12H2,1-2H3,(H,20,28)(H,21,26)(H,23,27)/t13-,15-,16-/m0/s1. The molecule has 0 bridgehead atoms. The van der Waals surface area contributed by atoms with Gasteiger partial charge in [0.05, 0.1) is 17.8 Å². The molecule has 2 amide bonds. The van der Waals surface area contributed by atoms with Gasteiger partial charge in [-0.2, -0.15) is 5.10 Å². The van der Waals surface area contributed by atoms with Gasteiger partial charge in [-0.05, 0) is 52.4 Å². The van der Waals surface area contributed by atoms with Crippen LogP contribution < -0.4 is 16.2 Å². The van der Waals surface area contributed by atoms with Crippen LogP contribution in [0.5, 0.6) is 0 Å². The first-order chi connectivity index (χ1) is 13.3. The van der Waals surface area contributed by atoms with Crippen molar-refractivity contribution >= 4 is 11.8 Å². The number of hydrogen-bond donors (Lipinski definition) is 4. The minimum absolute atomic E-state index is 0.0215. The molecule has 1 aromatic heterocycles. The molecule has 3 atom stereocenters. The maximum Gasteiger partial charge on any atom is 0.264 e. The summed E-state index contributed by atoms with van der Waals surface area (Å²) in [6, 6.07) is 2.62. The zero-order valence-electron chi connectivity index (χ0n) is 16.6. The van der Waals surface area contributed by atoms with Crippen molar-refractivity contribution in [3.05, 3.63) is 28.2 Å². The van der Waals surface area contributed by atoms with E-state index in [0.717, 1.165) is 13.0 Å². The predicted molar refractivity (Wildman–Crippen MR) is 105 cm³/mol. The van der Waals surface area contributed by atoms with Crippen molar-refractivity contribution in [1.82, 2.24) is 25.7 Å². The molecule has 0 aliphatic heterocycles. The summed E-state index contributed by atoms with van der Waals surface area (Å²) in [6.07, 6.45) is 2.34. The Labute approximate surface area is 164 Å². The molecule has 9 nitrogen and oxygen atoms in total. The first-order valence-electron chi connectivity index (χ1n) is 9.79. The van der Waals surface area contributed by atoms with Crippen LogP contribution in [0, 0.1) is 5.92 Å². The van der Waals surface area contributed by atoms with Crippen LogP contribution in [0.3, 0.4) is 0 Å². The number of carbonyl (C=O) groups is 2. The van der Waals surface area contributed by atoms with Gasteiger partial charge >= 0.3 is 0 Å². The van der Waals surface area contributed by atoms with Crippen molar-refractivity contribution in [2.45, 2.75) is 50.7 Å². The SMILES string of the molecule is CN(C)CCCNC(=O)[C@H]1CC[C@H](NC(=O)CCc2ccc(=O)[nH]n2)[C@@H](O)C1. The fourth-order valence-corrected chi connectivity index (χ4v) is 3.34. The Morgan fingerprint density at radius 1 is 1.32 bits per heavy atom. The minimum atomic E-state index is -0.735. The van der Waals surface area contributed by atoms with Gasteiger partial charge in [0.1, 0.15) is 0 Å². The molecule has 156 valence electrons. The van der Waals surface area contributed by atoms with Gasteiger partial charge in [0.2, 0.25) is 11.8 Å². The summed E-state index contributed by atoms with van der Waals surface area (Å²) in [5.74, 6) is -0.414. The fourth-order valence-electron chi connectivity index (χ4n) is 3.34. The van der Waals surface area contributed by atoms with Crippen molar-refractivity contribution < 1.29 is 14.7 Å². The molecule has 4 N–H and O–H groups in total. The maximum absolute atomic E-state index is 12.2. The predicted octanol–water partition coefficient (Wildman–Crippen LogP) is -0.584. The third kappa shape index (κ3) is 7.40. The molecular formula is C19H31N5O4. The Bertz CT molecular complexity index is 685. The lowest BCUT2D eigenvalue weighted by atomic mass is 9.83. The number of rotatable bonds is 9. The van der Waals surface area contributed by atoms with Gasteiger partial charge in [-0.25, -0.2) is 5.10 Å². The van der Waals surface area contributed by atoms with Crippen LogP contribution >= 0.6 is 0 Å². The molecule has 1 aliphatic carbocycles. The van der Waals surface area contributed by atoms with Gasteiger partial charge in [-0.3, -0.25) is 14.4 Å². The summed E-state index contributed by atoms with van der Waals surface area (Å²) < 4.78 is 0.